The van der Waals surface area contributed by atoms with E-state index in [4.69, 9.17) is 33.7 Å². The quantitative estimate of drug-likeness (QED) is 0.781. The molecule has 6 nitrogen and oxygen atoms in total. The fraction of sp³-hybridized carbons (Fsp3) is 0.235. The number of pyridine rings is 1. The number of ether oxygens (including phenoxy) is 1. The molecule has 3 N–H and O–H groups in total. The number of carbonyl (C=O) groups excluding carboxylic acids is 1. The van der Waals surface area contributed by atoms with Gasteiger partial charge in [-0.15, -0.1) is 0 Å². The van der Waals surface area contributed by atoms with E-state index < -0.39 is 0 Å². The normalized spacial score (nSPS) is 16.2. The van der Waals surface area contributed by atoms with Gasteiger partial charge in [0, 0.05) is 11.3 Å². The Morgan fingerprint density at radius 3 is 2.52 bits per heavy atom. The van der Waals surface area contributed by atoms with E-state index in [0.717, 1.165) is 18.4 Å². The number of benzene rings is 1. The summed E-state index contributed by atoms with van der Waals surface area (Å²) in [5.41, 5.74) is 7.68. The fourth-order valence-corrected chi connectivity index (χ4v) is 2.93. The van der Waals surface area contributed by atoms with Crippen LogP contribution in [0, 0.1) is 0 Å². The van der Waals surface area contributed by atoms with Crippen LogP contribution in [0.3, 0.4) is 0 Å². The summed E-state index contributed by atoms with van der Waals surface area (Å²) in [6.45, 7) is 0.539. The van der Waals surface area contributed by atoms with E-state index in [0.29, 0.717) is 17.9 Å². The van der Waals surface area contributed by atoms with Gasteiger partial charge in [-0.25, -0.2) is 9.98 Å². The number of aryl methyl sites for hydroxylation is 1. The number of nitrogens with two attached hydrogens (primary N) is 1. The highest BCUT2D eigenvalue weighted by molar-refractivity contribution is 6.33. The predicted molar refractivity (Wildman–Crippen MR) is 98.3 cm³/mol. The number of nitrogens with one attached hydrogen (secondary N) is 1. The molecule has 0 saturated carbocycles. The van der Waals surface area contributed by atoms with E-state index in [9.17, 15) is 4.79 Å². The van der Waals surface area contributed by atoms with E-state index in [-0.39, 0.29) is 28.3 Å². The topological polar surface area (TPSA) is 89.6 Å². The van der Waals surface area contributed by atoms with Crippen LogP contribution < -0.4 is 11.1 Å². The fourth-order valence-electron chi connectivity index (χ4n) is 2.47. The van der Waals surface area contributed by atoms with Crippen molar-refractivity contribution in [3.63, 3.8) is 0 Å². The second-order valence-corrected chi connectivity index (χ2v) is 6.40. The Hall–Kier alpha value is -2.31. The summed E-state index contributed by atoms with van der Waals surface area (Å²) in [5, 5.41) is 3.15. The third-order valence-corrected chi connectivity index (χ3v) is 4.12. The van der Waals surface area contributed by atoms with Crippen molar-refractivity contribution in [2.24, 2.45) is 10.7 Å². The van der Waals surface area contributed by atoms with E-state index in [1.165, 1.54) is 12.1 Å². The molecule has 1 aromatic carbocycles. The maximum absolute atomic E-state index is 12.2. The maximum Gasteiger partial charge on any atom is 0.282 e. The van der Waals surface area contributed by atoms with Crippen LogP contribution in [0.5, 0.6) is 0 Å². The number of hydrogen-bond acceptors (Lipinski definition) is 5. The number of amides is 1. The Bertz CT molecular complexity index is 789. The first-order chi connectivity index (χ1) is 12.0. The van der Waals surface area contributed by atoms with E-state index in [2.05, 4.69) is 15.3 Å². The molecule has 25 heavy (non-hydrogen) atoms. The molecule has 0 fully saturated rings. The predicted octanol–water partition coefficient (Wildman–Crippen LogP) is 3.29. The minimum atomic E-state index is -0.299. The number of nitrogens with zero attached hydrogens (tertiary/aromatic N) is 2. The minimum Gasteiger partial charge on any atom is -0.463 e. The van der Waals surface area contributed by atoms with Crippen molar-refractivity contribution < 1.29 is 9.53 Å². The molecule has 1 aromatic heterocycles. The van der Waals surface area contributed by atoms with Crippen molar-refractivity contribution in [2.45, 2.75) is 18.9 Å². The van der Waals surface area contributed by atoms with Gasteiger partial charge in [0.1, 0.15) is 16.9 Å². The molecule has 1 atom stereocenters. The Kier molecular flexibility index (Phi) is 5.40. The van der Waals surface area contributed by atoms with Crippen LogP contribution in [-0.4, -0.2) is 29.6 Å². The van der Waals surface area contributed by atoms with Crippen molar-refractivity contribution in [2.75, 3.05) is 11.9 Å². The highest BCUT2D eigenvalue weighted by Crippen LogP contribution is 2.18. The van der Waals surface area contributed by atoms with Crippen LogP contribution in [0.4, 0.5) is 5.69 Å². The zero-order chi connectivity index (χ0) is 17.8. The molecule has 0 saturated heterocycles. The van der Waals surface area contributed by atoms with Gasteiger partial charge in [0.05, 0.1) is 6.04 Å². The average Bonchev–Trinajstić information content (AvgIpc) is 2.99. The Morgan fingerprint density at radius 1 is 1.24 bits per heavy atom. The largest absolute Gasteiger partial charge is 0.463 e. The standard InChI is InChI=1S/C17H16Cl2N4O2/c18-14-7-11(8-15(19)23-14)16(24)21-12-4-1-10(2-5-12)3-6-13-9-25-17(20)22-13/h1-2,4-5,7-8,13H,3,6,9H2,(H2,20,22)(H,21,24). The van der Waals surface area contributed by atoms with Crippen molar-refractivity contribution in [1.29, 1.82) is 0 Å². The number of halogens is 2. The lowest BCUT2D eigenvalue weighted by molar-refractivity contribution is 0.102. The first-order valence-electron chi connectivity index (χ1n) is 7.69. The summed E-state index contributed by atoms with van der Waals surface area (Å²) in [7, 11) is 0. The number of amidine groups is 1. The SMILES string of the molecule is NC1=NC(CCc2ccc(NC(=O)c3cc(Cl)nc(Cl)c3)cc2)CO1. The van der Waals surface area contributed by atoms with Crippen molar-refractivity contribution in [1.82, 2.24) is 4.98 Å². The van der Waals surface area contributed by atoms with Crippen molar-refractivity contribution >= 4 is 40.8 Å². The Morgan fingerprint density at radius 2 is 1.92 bits per heavy atom. The third kappa shape index (κ3) is 4.84. The first kappa shape index (κ1) is 17.5. The molecule has 8 heteroatoms. The summed E-state index contributed by atoms with van der Waals surface area (Å²) in [4.78, 5) is 20.3. The highest BCUT2D eigenvalue weighted by atomic mass is 35.5. The molecule has 0 bridgehead atoms. The Balaban J connectivity index is 1.57. The zero-order valence-electron chi connectivity index (χ0n) is 13.2. The van der Waals surface area contributed by atoms with Gasteiger partial charge in [0.2, 0.25) is 0 Å². The number of aliphatic imine (C=N–C) groups is 1. The van der Waals surface area contributed by atoms with Gasteiger partial charge in [-0.05, 0) is 42.7 Å². The first-order valence-corrected chi connectivity index (χ1v) is 8.44. The number of anilines is 1. The molecule has 2 heterocycles. The van der Waals surface area contributed by atoms with Gasteiger partial charge >= 0.3 is 0 Å². The lowest BCUT2D eigenvalue weighted by Crippen LogP contribution is -2.12. The monoisotopic (exact) mass is 378 g/mol. The van der Waals surface area contributed by atoms with Gasteiger partial charge in [-0.2, -0.15) is 0 Å². The van der Waals surface area contributed by atoms with Gasteiger partial charge in [-0.3, -0.25) is 4.79 Å². The minimum absolute atomic E-state index is 0.112. The molecule has 3 rings (SSSR count). The second kappa shape index (κ2) is 7.72. The van der Waals surface area contributed by atoms with E-state index in [1.807, 2.05) is 24.3 Å². The molecular weight excluding hydrogens is 363 g/mol. The van der Waals surface area contributed by atoms with Gasteiger partial charge in [0.25, 0.3) is 11.9 Å². The molecule has 1 amide bonds. The van der Waals surface area contributed by atoms with Crippen molar-refractivity contribution in [3.8, 4) is 0 Å². The third-order valence-electron chi connectivity index (χ3n) is 3.74. The van der Waals surface area contributed by atoms with Crippen LogP contribution in [0.25, 0.3) is 0 Å². The van der Waals surface area contributed by atoms with Gasteiger partial charge in [0.15, 0.2) is 0 Å². The summed E-state index contributed by atoms with van der Waals surface area (Å²) in [6, 6.07) is 10.9. The summed E-state index contributed by atoms with van der Waals surface area (Å²) < 4.78 is 5.13. The zero-order valence-corrected chi connectivity index (χ0v) is 14.7. The van der Waals surface area contributed by atoms with Crippen LogP contribution >= 0.6 is 23.2 Å². The van der Waals surface area contributed by atoms with E-state index in [1.54, 1.807) is 0 Å². The van der Waals surface area contributed by atoms with Gasteiger partial charge < -0.3 is 15.8 Å². The average molecular weight is 379 g/mol. The van der Waals surface area contributed by atoms with Crippen LogP contribution in [0.15, 0.2) is 41.4 Å². The molecule has 130 valence electrons. The van der Waals surface area contributed by atoms with Crippen LogP contribution in [0.2, 0.25) is 10.3 Å². The van der Waals surface area contributed by atoms with Crippen LogP contribution in [-0.2, 0) is 11.2 Å². The lowest BCUT2D eigenvalue weighted by atomic mass is 10.1. The highest BCUT2D eigenvalue weighted by Gasteiger charge is 2.16. The molecule has 1 aliphatic heterocycles. The van der Waals surface area contributed by atoms with Crippen LogP contribution in [0.1, 0.15) is 22.3 Å². The van der Waals surface area contributed by atoms with Crippen molar-refractivity contribution in [3.05, 3.63) is 57.8 Å². The molecule has 0 spiro atoms. The molecule has 0 aliphatic carbocycles. The Labute approximate surface area is 155 Å². The molecule has 1 unspecified atom stereocenters. The summed E-state index contributed by atoms with van der Waals surface area (Å²) in [5.74, 6) is -0.299. The van der Waals surface area contributed by atoms with Gasteiger partial charge in [-0.1, -0.05) is 35.3 Å². The smallest absolute Gasteiger partial charge is 0.282 e. The number of aromatic nitrogens is 1. The number of hydrogen-bond donors (Lipinski definition) is 2. The van der Waals surface area contributed by atoms with E-state index >= 15 is 0 Å². The lowest BCUT2D eigenvalue weighted by Gasteiger charge is -2.08. The molecule has 2 aromatic rings. The molecular formula is C17H16Cl2N4O2. The summed E-state index contributed by atoms with van der Waals surface area (Å²) >= 11 is 11.6. The number of rotatable bonds is 5. The number of carbonyl (C=O) groups is 1. The summed E-state index contributed by atoms with van der Waals surface area (Å²) in [6.07, 6.45) is 1.72. The maximum atomic E-state index is 12.2. The second-order valence-electron chi connectivity index (χ2n) is 5.62. The molecule has 0 radical (unpaired) electrons. The molecule has 1 aliphatic rings.